The van der Waals surface area contributed by atoms with E-state index in [0.717, 1.165) is 37.3 Å². The van der Waals surface area contributed by atoms with Gasteiger partial charge < -0.3 is 19.9 Å². The first-order valence-electron chi connectivity index (χ1n) is 10.8. The second-order valence-electron chi connectivity index (χ2n) is 8.29. The summed E-state index contributed by atoms with van der Waals surface area (Å²) in [5, 5.41) is 12.6. The molecule has 0 radical (unpaired) electrons. The number of nitrogens with zero attached hydrogens (tertiary/aromatic N) is 8. The van der Waals surface area contributed by atoms with Crippen molar-refractivity contribution in [2.75, 3.05) is 50.6 Å². The molecular formula is C20H28FN9O. The number of methoxy groups -OCH3 is 1. The Morgan fingerprint density at radius 2 is 2.10 bits per heavy atom. The molecule has 0 aliphatic carbocycles. The highest BCUT2D eigenvalue weighted by molar-refractivity contribution is 5.73. The molecular weight excluding hydrogens is 401 g/mol. The molecule has 5 rings (SSSR count). The molecule has 0 spiro atoms. The molecule has 166 valence electrons. The Morgan fingerprint density at radius 3 is 2.77 bits per heavy atom. The summed E-state index contributed by atoms with van der Waals surface area (Å²) >= 11 is 0. The molecule has 3 aromatic heterocycles. The lowest BCUT2D eigenvalue weighted by Gasteiger charge is -2.17. The van der Waals surface area contributed by atoms with E-state index in [1.54, 1.807) is 17.8 Å². The minimum Gasteiger partial charge on any atom is -0.478 e. The van der Waals surface area contributed by atoms with Crippen LogP contribution < -0.4 is 15.0 Å². The Balaban J connectivity index is 1.52. The lowest BCUT2D eigenvalue weighted by Crippen LogP contribution is -2.24. The topological polar surface area (TPSA) is 88.6 Å². The number of likely N-dealkylation sites (tertiary alicyclic amines) is 1. The Morgan fingerprint density at radius 1 is 1.23 bits per heavy atom. The molecule has 0 amide bonds. The smallest absolute Gasteiger partial charge is 0.256 e. The van der Waals surface area contributed by atoms with Gasteiger partial charge in [0, 0.05) is 13.1 Å². The van der Waals surface area contributed by atoms with E-state index in [9.17, 15) is 4.39 Å². The third kappa shape index (κ3) is 3.67. The van der Waals surface area contributed by atoms with Crippen molar-refractivity contribution in [3.63, 3.8) is 0 Å². The SMILES string of the molecule is CCc1cnc2c(Nc3cn(C4CCN(C)C4)nc3OC)nc(N3CCC(F)C3)nn12. The van der Waals surface area contributed by atoms with E-state index in [1.165, 1.54) is 0 Å². The molecule has 31 heavy (non-hydrogen) atoms. The number of hydrogen-bond acceptors (Lipinski definition) is 8. The first-order valence-corrected chi connectivity index (χ1v) is 10.8. The summed E-state index contributed by atoms with van der Waals surface area (Å²) in [5.41, 5.74) is 2.30. The molecule has 2 aliphatic heterocycles. The Bertz CT molecular complexity index is 1080. The summed E-state index contributed by atoms with van der Waals surface area (Å²) in [6.07, 6.45) is 5.22. The van der Waals surface area contributed by atoms with Crippen LogP contribution in [0.5, 0.6) is 5.88 Å². The molecule has 0 aromatic carbocycles. The number of rotatable bonds is 6. The standard InChI is InChI=1S/C20H28FN9O/c1-4-14-9-22-18-17(24-20(26-30(14)18)28-8-5-13(21)10-28)23-16-12-29(25-19(16)31-3)15-6-7-27(2)11-15/h9,12-13,15H,4-8,10-11H2,1-3H3,(H,23,24,26). The van der Waals surface area contributed by atoms with E-state index >= 15 is 0 Å². The summed E-state index contributed by atoms with van der Waals surface area (Å²) in [4.78, 5) is 13.4. The average Bonchev–Trinajstić information content (AvgIpc) is 3.54. The monoisotopic (exact) mass is 429 g/mol. The molecule has 2 unspecified atom stereocenters. The fourth-order valence-corrected chi connectivity index (χ4v) is 4.33. The number of aromatic nitrogens is 6. The third-order valence-electron chi connectivity index (χ3n) is 6.08. The minimum absolute atomic E-state index is 0.303. The quantitative estimate of drug-likeness (QED) is 0.637. The number of anilines is 3. The van der Waals surface area contributed by atoms with Gasteiger partial charge >= 0.3 is 0 Å². The molecule has 2 atom stereocenters. The van der Waals surface area contributed by atoms with E-state index < -0.39 is 6.17 Å². The average molecular weight is 430 g/mol. The largest absolute Gasteiger partial charge is 0.478 e. The molecule has 2 saturated heterocycles. The second-order valence-corrected chi connectivity index (χ2v) is 8.29. The highest BCUT2D eigenvalue weighted by Crippen LogP contribution is 2.31. The molecule has 5 heterocycles. The first kappa shape index (κ1) is 20.0. The molecule has 10 nitrogen and oxygen atoms in total. The van der Waals surface area contributed by atoms with Gasteiger partial charge in [0.15, 0.2) is 11.5 Å². The van der Waals surface area contributed by atoms with Gasteiger partial charge in [0.25, 0.3) is 5.88 Å². The van der Waals surface area contributed by atoms with Crippen LogP contribution in [0.1, 0.15) is 31.5 Å². The fourth-order valence-electron chi connectivity index (χ4n) is 4.33. The van der Waals surface area contributed by atoms with Gasteiger partial charge in [0.2, 0.25) is 5.95 Å². The van der Waals surface area contributed by atoms with E-state index in [4.69, 9.17) is 9.72 Å². The van der Waals surface area contributed by atoms with Crippen molar-refractivity contribution in [2.45, 2.75) is 38.4 Å². The predicted molar refractivity (Wildman–Crippen MR) is 115 cm³/mol. The van der Waals surface area contributed by atoms with E-state index in [-0.39, 0.29) is 0 Å². The zero-order valence-corrected chi connectivity index (χ0v) is 18.1. The van der Waals surface area contributed by atoms with Crippen LogP contribution in [-0.4, -0.2) is 80.8 Å². The van der Waals surface area contributed by atoms with Crippen LogP contribution >= 0.6 is 0 Å². The molecule has 0 saturated carbocycles. The lowest BCUT2D eigenvalue weighted by atomic mass is 10.3. The normalized spacial score (nSPS) is 22.0. The molecule has 3 aromatic rings. The summed E-state index contributed by atoms with van der Waals surface area (Å²) in [7, 11) is 3.72. The van der Waals surface area contributed by atoms with Gasteiger partial charge in [-0.2, -0.15) is 4.98 Å². The maximum atomic E-state index is 13.8. The van der Waals surface area contributed by atoms with Crippen molar-refractivity contribution in [3.05, 3.63) is 18.1 Å². The number of ether oxygens (including phenoxy) is 1. The molecule has 2 fully saturated rings. The van der Waals surface area contributed by atoms with E-state index in [2.05, 4.69) is 39.4 Å². The maximum Gasteiger partial charge on any atom is 0.256 e. The van der Waals surface area contributed by atoms with Crippen LogP contribution in [0.25, 0.3) is 5.65 Å². The van der Waals surface area contributed by atoms with E-state index in [1.807, 2.05) is 15.8 Å². The van der Waals surface area contributed by atoms with Gasteiger partial charge in [-0.1, -0.05) is 6.92 Å². The number of likely N-dealkylation sites (N-methyl/N-ethyl adjacent to an activating group) is 1. The Labute approximate surface area is 180 Å². The number of nitrogens with one attached hydrogen (secondary N) is 1. The van der Waals surface area contributed by atoms with Crippen molar-refractivity contribution in [1.82, 2.24) is 34.3 Å². The van der Waals surface area contributed by atoms with Crippen LogP contribution in [0, 0.1) is 0 Å². The summed E-state index contributed by atoms with van der Waals surface area (Å²) in [6.45, 7) is 4.95. The predicted octanol–water partition coefficient (Wildman–Crippen LogP) is 2.06. The zero-order chi connectivity index (χ0) is 21.5. The Hall–Kier alpha value is -2.95. The number of hydrogen-bond donors (Lipinski definition) is 1. The van der Waals surface area contributed by atoms with Gasteiger partial charge in [0.05, 0.1) is 37.8 Å². The fraction of sp³-hybridized carbons (Fsp3) is 0.600. The second kappa shape index (κ2) is 7.95. The van der Waals surface area contributed by atoms with Gasteiger partial charge in [-0.15, -0.1) is 10.2 Å². The van der Waals surface area contributed by atoms with Crippen LogP contribution in [-0.2, 0) is 6.42 Å². The highest BCUT2D eigenvalue weighted by atomic mass is 19.1. The van der Waals surface area contributed by atoms with Crippen molar-refractivity contribution < 1.29 is 9.13 Å². The van der Waals surface area contributed by atoms with Crippen LogP contribution in [0.2, 0.25) is 0 Å². The zero-order valence-electron chi connectivity index (χ0n) is 18.1. The molecule has 11 heteroatoms. The number of aryl methyl sites for hydroxylation is 1. The number of fused-ring (bicyclic) bond motifs is 1. The summed E-state index contributed by atoms with van der Waals surface area (Å²) in [5.74, 6) is 1.54. The van der Waals surface area contributed by atoms with Crippen molar-refractivity contribution in [1.29, 1.82) is 0 Å². The van der Waals surface area contributed by atoms with Crippen LogP contribution in [0.15, 0.2) is 12.4 Å². The lowest BCUT2D eigenvalue weighted by molar-refractivity contribution is 0.362. The molecule has 0 bridgehead atoms. The number of imidazole rings is 1. The molecule has 2 aliphatic rings. The van der Waals surface area contributed by atoms with Crippen molar-refractivity contribution in [3.8, 4) is 5.88 Å². The number of alkyl halides is 1. The van der Waals surface area contributed by atoms with Gasteiger partial charge in [0.1, 0.15) is 11.9 Å². The number of halogens is 1. The first-order chi connectivity index (χ1) is 15.1. The maximum absolute atomic E-state index is 13.8. The van der Waals surface area contributed by atoms with Gasteiger partial charge in [-0.05, 0) is 32.9 Å². The van der Waals surface area contributed by atoms with Crippen molar-refractivity contribution >= 4 is 23.1 Å². The van der Waals surface area contributed by atoms with Crippen molar-refractivity contribution in [2.24, 2.45) is 0 Å². The molecule has 1 N–H and O–H groups in total. The van der Waals surface area contributed by atoms with Crippen LogP contribution in [0.4, 0.5) is 21.8 Å². The van der Waals surface area contributed by atoms with E-state index in [0.29, 0.717) is 48.8 Å². The Kier molecular flexibility index (Phi) is 5.12. The highest BCUT2D eigenvalue weighted by Gasteiger charge is 2.27. The van der Waals surface area contributed by atoms with Crippen LogP contribution in [0.3, 0.4) is 0 Å². The third-order valence-corrected chi connectivity index (χ3v) is 6.08. The summed E-state index contributed by atoms with van der Waals surface area (Å²) < 4.78 is 23.1. The van der Waals surface area contributed by atoms with Gasteiger partial charge in [-0.25, -0.2) is 13.9 Å². The minimum atomic E-state index is -0.855. The van der Waals surface area contributed by atoms with Gasteiger partial charge in [-0.3, -0.25) is 4.68 Å². The summed E-state index contributed by atoms with van der Waals surface area (Å²) in [6, 6.07) is 0.305.